The van der Waals surface area contributed by atoms with Crippen molar-refractivity contribution in [3.8, 4) is 0 Å². The number of ether oxygens (including phenoxy) is 3. The highest BCUT2D eigenvalue weighted by molar-refractivity contribution is 4.77. The Morgan fingerprint density at radius 1 is 1.25 bits per heavy atom. The first-order valence-electron chi connectivity index (χ1n) is 6.48. The molecule has 0 N–H and O–H groups in total. The van der Waals surface area contributed by atoms with Crippen molar-refractivity contribution >= 4 is 0 Å². The summed E-state index contributed by atoms with van der Waals surface area (Å²) in [5.41, 5.74) is -0.0371. The molecule has 3 nitrogen and oxygen atoms in total. The fourth-order valence-corrected chi connectivity index (χ4v) is 1.74. The van der Waals surface area contributed by atoms with Gasteiger partial charge in [0.2, 0.25) is 0 Å². The maximum absolute atomic E-state index is 5.74. The van der Waals surface area contributed by atoms with Crippen LogP contribution in [0, 0.1) is 5.92 Å². The lowest BCUT2D eigenvalue weighted by atomic mass is 9.96. The third-order valence-electron chi connectivity index (χ3n) is 3.84. The zero-order valence-electron chi connectivity index (χ0n) is 11.1. The molecule has 0 saturated carbocycles. The Kier molecular flexibility index (Phi) is 5.73. The van der Waals surface area contributed by atoms with Crippen LogP contribution in [0.15, 0.2) is 0 Å². The molecule has 2 unspecified atom stereocenters. The largest absolute Gasteiger partial charge is 0.375 e. The van der Waals surface area contributed by atoms with Crippen LogP contribution >= 0.6 is 0 Å². The van der Waals surface area contributed by atoms with E-state index in [1.165, 1.54) is 6.42 Å². The van der Waals surface area contributed by atoms with Crippen LogP contribution in [0.3, 0.4) is 0 Å². The van der Waals surface area contributed by atoms with Gasteiger partial charge in [0.05, 0.1) is 24.9 Å². The van der Waals surface area contributed by atoms with Crippen LogP contribution in [0.2, 0.25) is 0 Å². The second-order valence-electron chi connectivity index (χ2n) is 4.83. The summed E-state index contributed by atoms with van der Waals surface area (Å²) in [5, 5.41) is 0. The van der Waals surface area contributed by atoms with E-state index in [4.69, 9.17) is 14.2 Å². The van der Waals surface area contributed by atoms with Crippen molar-refractivity contribution in [2.24, 2.45) is 5.92 Å². The Bertz CT molecular complexity index is 188. The molecule has 0 bridgehead atoms. The van der Waals surface area contributed by atoms with Gasteiger partial charge in [-0.3, -0.25) is 0 Å². The highest BCUT2D eigenvalue weighted by atomic mass is 16.7. The topological polar surface area (TPSA) is 27.7 Å². The van der Waals surface area contributed by atoms with Gasteiger partial charge in [0.25, 0.3) is 0 Å². The summed E-state index contributed by atoms with van der Waals surface area (Å²) < 4.78 is 16.7. The molecule has 0 aliphatic carbocycles. The molecule has 0 spiro atoms. The molecule has 0 aromatic rings. The Balaban J connectivity index is 2.07. The van der Waals surface area contributed by atoms with Gasteiger partial charge in [0.15, 0.2) is 0 Å². The van der Waals surface area contributed by atoms with Gasteiger partial charge in [0, 0.05) is 5.92 Å². The summed E-state index contributed by atoms with van der Waals surface area (Å²) in [7, 11) is 0. The first-order chi connectivity index (χ1) is 7.65. The average molecular weight is 230 g/mol. The SMILES string of the molecule is CCC1COC1COCOC(C)(CC)CC. The standard InChI is InChI=1S/C13H26O3/c1-5-11-8-15-12(11)9-14-10-16-13(4,6-2)7-3/h11-12H,5-10H2,1-4H3. The van der Waals surface area contributed by atoms with Crippen LogP contribution in [0.4, 0.5) is 0 Å². The van der Waals surface area contributed by atoms with E-state index < -0.39 is 0 Å². The summed E-state index contributed by atoms with van der Waals surface area (Å²) in [6.45, 7) is 10.6. The molecule has 16 heavy (non-hydrogen) atoms. The molecule has 1 fully saturated rings. The van der Waals surface area contributed by atoms with Crippen LogP contribution in [0.25, 0.3) is 0 Å². The monoisotopic (exact) mass is 230 g/mol. The summed E-state index contributed by atoms with van der Waals surface area (Å²) in [5.74, 6) is 0.684. The quantitative estimate of drug-likeness (QED) is 0.474. The van der Waals surface area contributed by atoms with Crippen molar-refractivity contribution in [3.05, 3.63) is 0 Å². The molecule has 1 heterocycles. The van der Waals surface area contributed by atoms with Gasteiger partial charge >= 0.3 is 0 Å². The molecule has 96 valence electrons. The average Bonchev–Trinajstić information content (AvgIpc) is 2.27. The Labute approximate surface area is 99.5 Å². The minimum Gasteiger partial charge on any atom is -0.375 e. The third-order valence-corrected chi connectivity index (χ3v) is 3.84. The zero-order valence-corrected chi connectivity index (χ0v) is 11.1. The van der Waals surface area contributed by atoms with Crippen molar-refractivity contribution in [2.75, 3.05) is 20.0 Å². The van der Waals surface area contributed by atoms with Gasteiger partial charge in [-0.1, -0.05) is 20.8 Å². The second kappa shape index (κ2) is 6.58. The molecule has 1 saturated heterocycles. The van der Waals surface area contributed by atoms with Crippen LogP contribution < -0.4 is 0 Å². The predicted octanol–water partition coefficient (Wildman–Crippen LogP) is 2.98. The molecule has 3 heteroatoms. The molecule has 1 aliphatic rings. The summed E-state index contributed by atoms with van der Waals surface area (Å²) >= 11 is 0. The minimum atomic E-state index is -0.0371. The molecule has 0 amide bonds. The van der Waals surface area contributed by atoms with Crippen molar-refractivity contribution in [2.45, 2.75) is 58.7 Å². The van der Waals surface area contributed by atoms with Gasteiger partial charge in [0.1, 0.15) is 6.79 Å². The summed E-state index contributed by atoms with van der Waals surface area (Å²) in [6.07, 6.45) is 3.51. The maximum Gasteiger partial charge on any atom is 0.147 e. The third kappa shape index (κ3) is 3.72. The van der Waals surface area contributed by atoms with Gasteiger partial charge in [-0.05, 0) is 26.2 Å². The summed E-state index contributed by atoms with van der Waals surface area (Å²) in [4.78, 5) is 0. The van der Waals surface area contributed by atoms with Crippen molar-refractivity contribution in [1.29, 1.82) is 0 Å². The van der Waals surface area contributed by atoms with E-state index in [1.807, 2.05) is 0 Å². The highest BCUT2D eigenvalue weighted by Crippen LogP contribution is 2.24. The van der Waals surface area contributed by atoms with E-state index in [0.717, 1.165) is 19.4 Å². The van der Waals surface area contributed by atoms with Gasteiger partial charge in [-0.2, -0.15) is 0 Å². The lowest BCUT2D eigenvalue weighted by molar-refractivity contribution is -0.190. The van der Waals surface area contributed by atoms with Gasteiger partial charge < -0.3 is 14.2 Å². The molecule has 1 rings (SSSR count). The van der Waals surface area contributed by atoms with Crippen LogP contribution in [-0.2, 0) is 14.2 Å². The molecule has 2 atom stereocenters. The molecule has 0 aromatic heterocycles. The fraction of sp³-hybridized carbons (Fsp3) is 1.00. The summed E-state index contributed by atoms with van der Waals surface area (Å²) in [6, 6.07) is 0. The molecule has 0 aromatic carbocycles. The molecular weight excluding hydrogens is 204 g/mol. The number of hydrogen-bond acceptors (Lipinski definition) is 3. The van der Waals surface area contributed by atoms with E-state index in [9.17, 15) is 0 Å². The lowest BCUT2D eigenvalue weighted by Gasteiger charge is -2.36. The van der Waals surface area contributed by atoms with E-state index in [2.05, 4.69) is 27.7 Å². The normalized spacial score (nSPS) is 25.5. The van der Waals surface area contributed by atoms with Crippen LogP contribution in [0.5, 0.6) is 0 Å². The van der Waals surface area contributed by atoms with Crippen molar-refractivity contribution in [3.63, 3.8) is 0 Å². The Morgan fingerprint density at radius 3 is 2.38 bits per heavy atom. The van der Waals surface area contributed by atoms with E-state index >= 15 is 0 Å². The van der Waals surface area contributed by atoms with E-state index in [1.54, 1.807) is 0 Å². The Hall–Kier alpha value is -0.120. The van der Waals surface area contributed by atoms with Crippen molar-refractivity contribution in [1.82, 2.24) is 0 Å². The fourth-order valence-electron chi connectivity index (χ4n) is 1.74. The zero-order chi connectivity index (χ0) is 12.0. The van der Waals surface area contributed by atoms with E-state index in [0.29, 0.717) is 25.4 Å². The van der Waals surface area contributed by atoms with Gasteiger partial charge in [-0.15, -0.1) is 0 Å². The number of rotatable bonds is 8. The minimum absolute atomic E-state index is 0.0371. The predicted molar refractivity (Wildman–Crippen MR) is 64.4 cm³/mol. The van der Waals surface area contributed by atoms with Crippen molar-refractivity contribution < 1.29 is 14.2 Å². The molecule has 0 radical (unpaired) electrons. The van der Waals surface area contributed by atoms with Gasteiger partial charge in [-0.25, -0.2) is 0 Å². The smallest absolute Gasteiger partial charge is 0.147 e. The number of hydrogen-bond donors (Lipinski definition) is 0. The first-order valence-corrected chi connectivity index (χ1v) is 6.48. The molecule has 1 aliphatic heterocycles. The highest BCUT2D eigenvalue weighted by Gasteiger charge is 2.30. The maximum atomic E-state index is 5.74. The Morgan fingerprint density at radius 2 is 1.94 bits per heavy atom. The first kappa shape index (κ1) is 13.9. The van der Waals surface area contributed by atoms with Crippen LogP contribution in [-0.4, -0.2) is 31.7 Å². The lowest BCUT2D eigenvalue weighted by Crippen LogP contribution is -2.43. The van der Waals surface area contributed by atoms with Crippen LogP contribution in [0.1, 0.15) is 47.0 Å². The second-order valence-corrected chi connectivity index (χ2v) is 4.83. The molecular formula is C13H26O3. The van der Waals surface area contributed by atoms with E-state index in [-0.39, 0.29) is 5.60 Å².